The smallest absolute Gasteiger partial charge is 0.139 e. The Hall–Kier alpha value is -2.32. The average molecular weight is 430 g/mol. The molecule has 0 aliphatic rings. The fourth-order valence-corrected chi connectivity index (χ4v) is 5.74. The molecule has 0 saturated heterocycles. The molecule has 4 rings (SSSR count). The summed E-state index contributed by atoms with van der Waals surface area (Å²) < 4.78 is 6.70. The minimum absolute atomic E-state index is 1.00. The molecule has 0 radical (unpaired) electrons. The standard InChI is InChI=1S/C30H39NO/c1-12-31(13-2)14-24-17(5)19(7)25-20(8)22(10)30-28(26(25)23(24)11)27-18(6)15(3)16(4)21(9)29(27)32-30/h12-14H2,1-11H3. The molecule has 0 aliphatic carbocycles. The number of nitrogens with zero attached hydrogens (tertiary/aromatic N) is 1. The molecule has 0 unspecified atom stereocenters. The number of fused-ring (bicyclic) bond motifs is 5. The lowest BCUT2D eigenvalue weighted by Gasteiger charge is -2.25. The van der Waals surface area contributed by atoms with E-state index in [4.69, 9.17) is 4.42 Å². The van der Waals surface area contributed by atoms with Crippen molar-refractivity contribution in [3.63, 3.8) is 0 Å². The van der Waals surface area contributed by atoms with Crippen molar-refractivity contribution in [1.82, 2.24) is 4.90 Å². The van der Waals surface area contributed by atoms with Crippen molar-refractivity contribution in [2.75, 3.05) is 13.1 Å². The summed E-state index contributed by atoms with van der Waals surface area (Å²) >= 11 is 0. The van der Waals surface area contributed by atoms with Crippen LogP contribution in [0.2, 0.25) is 0 Å². The maximum Gasteiger partial charge on any atom is 0.139 e. The van der Waals surface area contributed by atoms with Crippen LogP contribution in [0.25, 0.3) is 32.7 Å². The minimum atomic E-state index is 1.00. The van der Waals surface area contributed by atoms with Crippen LogP contribution >= 0.6 is 0 Å². The Morgan fingerprint density at radius 2 is 0.938 bits per heavy atom. The second-order valence-corrected chi connectivity index (χ2v) is 9.83. The normalized spacial score (nSPS) is 12.2. The van der Waals surface area contributed by atoms with Crippen LogP contribution in [-0.4, -0.2) is 18.0 Å². The second-order valence-electron chi connectivity index (χ2n) is 9.83. The summed E-state index contributed by atoms with van der Waals surface area (Å²) in [5.74, 6) is 0. The van der Waals surface area contributed by atoms with Crippen LogP contribution in [0, 0.1) is 62.3 Å². The van der Waals surface area contributed by atoms with Crippen molar-refractivity contribution in [2.45, 2.75) is 82.7 Å². The van der Waals surface area contributed by atoms with E-state index in [1.54, 1.807) is 0 Å². The highest BCUT2D eigenvalue weighted by molar-refractivity contribution is 6.23. The molecule has 0 atom stereocenters. The monoisotopic (exact) mass is 429 g/mol. The summed E-state index contributed by atoms with van der Waals surface area (Å²) in [7, 11) is 0. The Labute approximate surface area is 193 Å². The van der Waals surface area contributed by atoms with Gasteiger partial charge < -0.3 is 4.42 Å². The summed E-state index contributed by atoms with van der Waals surface area (Å²) in [4.78, 5) is 2.52. The van der Waals surface area contributed by atoms with Gasteiger partial charge in [-0.05, 0) is 142 Å². The maximum atomic E-state index is 6.70. The van der Waals surface area contributed by atoms with Crippen molar-refractivity contribution in [1.29, 1.82) is 0 Å². The van der Waals surface area contributed by atoms with Crippen LogP contribution in [0.4, 0.5) is 0 Å². The third kappa shape index (κ3) is 2.95. The van der Waals surface area contributed by atoms with Crippen molar-refractivity contribution in [3.8, 4) is 0 Å². The topological polar surface area (TPSA) is 16.4 Å². The fraction of sp³-hybridized carbons (Fsp3) is 0.467. The Bertz CT molecular complexity index is 1400. The van der Waals surface area contributed by atoms with Crippen molar-refractivity contribution >= 4 is 32.7 Å². The van der Waals surface area contributed by atoms with Gasteiger partial charge in [0.25, 0.3) is 0 Å². The van der Waals surface area contributed by atoms with Crippen LogP contribution in [0.3, 0.4) is 0 Å². The van der Waals surface area contributed by atoms with Gasteiger partial charge in [-0.2, -0.15) is 0 Å². The summed E-state index contributed by atoms with van der Waals surface area (Å²) in [6.07, 6.45) is 0. The van der Waals surface area contributed by atoms with Gasteiger partial charge in [0.2, 0.25) is 0 Å². The minimum Gasteiger partial charge on any atom is -0.455 e. The molecule has 0 spiro atoms. The van der Waals surface area contributed by atoms with E-state index in [0.29, 0.717) is 0 Å². The van der Waals surface area contributed by atoms with Crippen LogP contribution < -0.4 is 0 Å². The van der Waals surface area contributed by atoms with Gasteiger partial charge in [0.1, 0.15) is 11.2 Å². The molecular formula is C30H39NO. The Balaban J connectivity index is 2.32. The van der Waals surface area contributed by atoms with Crippen LogP contribution in [0.5, 0.6) is 0 Å². The quantitative estimate of drug-likeness (QED) is 0.324. The van der Waals surface area contributed by atoms with Crippen LogP contribution in [-0.2, 0) is 6.54 Å². The predicted octanol–water partition coefficient (Wildman–Crippen LogP) is 8.36. The average Bonchev–Trinajstić information content (AvgIpc) is 3.18. The molecule has 170 valence electrons. The van der Waals surface area contributed by atoms with Crippen molar-refractivity contribution in [2.24, 2.45) is 0 Å². The van der Waals surface area contributed by atoms with E-state index in [0.717, 1.165) is 30.8 Å². The number of hydrogen-bond acceptors (Lipinski definition) is 2. The highest BCUT2D eigenvalue weighted by atomic mass is 16.3. The number of aryl methyl sites for hydroxylation is 6. The van der Waals surface area contributed by atoms with E-state index in [2.05, 4.69) is 81.1 Å². The Morgan fingerprint density at radius 3 is 1.53 bits per heavy atom. The third-order valence-corrected chi connectivity index (χ3v) is 8.58. The summed E-state index contributed by atoms with van der Waals surface area (Å²) in [6.45, 7) is 28.1. The first kappa shape index (κ1) is 22.9. The summed E-state index contributed by atoms with van der Waals surface area (Å²) in [5.41, 5.74) is 15.9. The van der Waals surface area contributed by atoms with Crippen LogP contribution in [0.1, 0.15) is 69.5 Å². The largest absolute Gasteiger partial charge is 0.455 e. The zero-order chi connectivity index (χ0) is 23.6. The SMILES string of the molecule is CCN(CC)Cc1c(C)c(C)c2c(C)c(C)c3oc4c(C)c(C)c(C)c(C)c4c3c2c1C. The summed E-state index contributed by atoms with van der Waals surface area (Å²) in [5, 5.41) is 5.46. The first-order valence-corrected chi connectivity index (χ1v) is 12.1. The first-order chi connectivity index (χ1) is 15.1. The maximum absolute atomic E-state index is 6.70. The number of benzene rings is 3. The van der Waals surface area contributed by atoms with Gasteiger partial charge in [-0.1, -0.05) is 13.8 Å². The van der Waals surface area contributed by atoms with Gasteiger partial charge in [-0.25, -0.2) is 0 Å². The molecule has 0 N–H and O–H groups in total. The van der Waals surface area contributed by atoms with Crippen LogP contribution in [0.15, 0.2) is 4.42 Å². The van der Waals surface area contributed by atoms with Crippen molar-refractivity contribution in [3.05, 3.63) is 55.6 Å². The molecule has 32 heavy (non-hydrogen) atoms. The number of rotatable bonds is 4. The van der Waals surface area contributed by atoms with Crippen molar-refractivity contribution < 1.29 is 4.42 Å². The highest BCUT2D eigenvalue weighted by Crippen LogP contribution is 2.46. The van der Waals surface area contributed by atoms with Gasteiger partial charge in [-0.15, -0.1) is 0 Å². The van der Waals surface area contributed by atoms with E-state index < -0.39 is 0 Å². The van der Waals surface area contributed by atoms with Gasteiger partial charge in [0.15, 0.2) is 0 Å². The molecule has 2 heteroatoms. The fourth-order valence-electron chi connectivity index (χ4n) is 5.74. The summed E-state index contributed by atoms with van der Waals surface area (Å²) in [6, 6.07) is 0. The molecule has 4 aromatic rings. The van der Waals surface area contributed by atoms with E-state index in [9.17, 15) is 0 Å². The molecule has 0 aliphatic heterocycles. The molecule has 3 aromatic carbocycles. The number of furan rings is 1. The molecule has 0 bridgehead atoms. The molecule has 1 heterocycles. The molecule has 1 aromatic heterocycles. The van der Waals surface area contributed by atoms with Gasteiger partial charge in [0, 0.05) is 17.3 Å². The van der Waals surface area contributed by atoms with E-state index in [1.165, 1.54) is 77.2 Å². The van der Waals surface area contributed by atoms with E-state index in [1.807, 2.05) is 0 Å². The number of hydrogen-bond donors (Lipinski definition) is 0. The first-order valence-electron chi connectivity index (χ1n) is 12.1. The van der Waals surface area contributed by atoms with Gasteiger partial charge in [0.05, 0.1) is 0 Å². The molecule has 0 saturated carbocycles. The predicted molar refractivity (Wildman–Crippen MR) is 140 cm³/mol. The lowest BCUT2D eigenvalue weighted by molar-refractivity contribution is 0.295. The van der Waals surface area contributed by atoms with E-state index >= 15 is 0 Å². The van der Waals surface area contributed by atoms with Gasteiger partial charge in [-0.3, -0.25) is 4.90 Å². The Kier molecular flexibility index (Phi) is 5.66. The highest BCUT2D eigenvalue weighted by Gasteiger charge is 2.25. The molecule has 0 fully saturated rings. The van der Waals surface area contributed by atoms with E-state index in [-0.39, 0.29) is 0 Å². The molecule has 2 nitrogen and oxygen atoms in total. The Morgan fingerprint density at radius 1 is 0.469 bits per heavy atom. The zero-order valence-corrected chi connectivity index (χ0v) is 22.0. The lowest BCUT2D eigenvalue weighted by Crippen LogP contribution is -2.23. The molecular weight excluding hydrogens is 390 g/mol. The third-order valence-electron chi connectivity index (χ3n) is 8.58. The second kappa shape index (κ2) is 7.92. The lowest BCUT2D eigenvalue weighted by atomic mass is 9.84. The van der Waals surface area contributed by atoms with Gasteiger partial charge >= 0.3 is 0 Å². The zero-order valence-electron chi connectivity index (χ0n) is 22.0. The molecule has 0 amide bonds.